The molecule has 10 heteroatoms. The summed E-state index contributed by atoms with van der Waals surface area (Å²) in [5.41, 5.74) is 3.83. The molecule has 1 aromatic carbocycles. The van der Waals surface area contributed by atoms with Crippen LogP contribution in [0.15, 0.2) is 23.1 Å². The van der Waals surface area contributed by atoms with Crippen molar-refractivity contribution in [2.75, 3.05) is 0 Å². The first kappa shape index (κ1) is 15.0. The zero-order chi connectivity index (χ0) is 12.5. The Balaban J connectivity index is 0.00000256. The molecule has 0 heterocycles. The first-order chi connectivity index (χ1) is 7.21. The highest BCUT2D eigenvalue weighted by atomic mass is 32.2. The lowest BCUT2D eigenvalue weighted by molar-refractivity contribution is -0.385. The van der Waals surface area contributed by atoms with Gasteiger partial charge in [-0.2, -0.15) is 8.42 Å². The van der Waals surface area contributed by atoms with Gasteiger partial charge in [-0.05, 0) is 6.07 Å². The number of nitro groups is 1. The highest BCUT2D eigenvalue weighted by Crippen LogP contribution is 2.20. The van der Waals surface area contributed by atoms with Gasteiger partial charge in [0, 0.05) is 17.7 Å². The van der Waals surface area contributed by atoms with E-state index in [9.17, 15) is 23.3 Å². The normalized spacial score (nSPS) is 10.4. The molecule has 0 aliphatic rings. The summed E-state index contributed by atoms with van der Waals surface area (Å²) in [6.45, 7) is 0. The van der Waals surface area contributed by atoms with Gasteiger partial charge in [-0.15, -0.1) is 0 Å². The number of nitrogens with two attached hydrogens (primary N) is 1. The van der Waals surface area contributed by atoms with Crippen molar-refractivity contribution in [3.63, 3.8) is 0 Å². The molecule has 0 aromatic heterocycles. The van der Waals surface area contributed by atoms with Crippen molar-refractivity contribution in [3.8, 4) is 0 Å². The molecule has 94 valence electrons. The van der Waals surface area contributed by atoms with Gasteiger partial charge in [0.2, 0.25) is 5.91 Å². The molecule has 1 amide bonds. The molecule has 0 atom stereocenters. The molecular formula is C7H9N3O6S. The van der Waals surface area contributed by atoms with E-state index in [1.165, 1.54) is 0 Å². The van der Waals surface area contributed by atoms with Crippen molar-refractivity contribution in [1.29, 1.82) is 0 Å². The van der Waals surface area contributed by atoms with E-state index in [4.69, 9.17) is 10.3 Å². The van der Waals surface area contributed by atoms with Crippen LogP contribution in [0.25, 0.3) is 0 Å². The van der Waals surface area contributed by atoms with E-state index in [0.29, 0.717) is 6.07 Å². The Morgan fingerprint density at radius 1 is 1.35 bits per heavy atom. The van der Waals surface area contributed by atoms with E-state index in [1.807, 2.05) is 0 Å². The van der Waals surface area contributed by atoms with Crippen LogP contribution < -0.4 is 11.9 Å². The number of amides is 1. The van der Waals surface area contributed by atoms with Crippen molar-refractivity contribution < 1.29 is 22.7 Å². The van der Waals surface area contributed by atoms with E-state index in [0.717, 1.165) is 12.1 Å². The Bertz CT molecular complexity index is 535. The van der Waals surface area contributed by atoms with Crippen molar-refractivity contribution in [2.24, 2.45) is 5.73 Å². The number of hydrogen-bond acceptors (Lipinski definition) is 6. The fourth-order valence-corrected chi connectivity index (χ4v) is 1.53. The minimum absolute atomic E-state index is 0. The molecular weight excluding hydrogens is 254 g/mol. The van der Waals surface area contributed by atoms with E-state index in [2.05, 4.69) is 0 Å². The summed E-state index contributed by atoms with van der Waals surface area (Å²) in [5.74, 6) is -1.03. The summed E-state index contributed by atoms with van der Waals surface area (Å²) in [7, 11) is -4.63. The van der Waals surface area contributed by atoms with Gasteiger partial charge in [0.15, 0.2) is 0 Å². The second kappa shape index (κ2) is 4.86. The summed E-state index contributed by atoms with van der Waals surface area (Å²) in [4.78, 5) is 19.6. The third-order valence-electron chi connectivity index (χ3n) is 1.68. The van der Waals surface area contributed by atoms with Crippen LogP contribution in [0.5, 0.6) is 0 Å². The third-order valence-corrected chi connectivity index (χ3v) is 2.52. The fourth-order valence-electron chi connectivity index (χ4n) is 0.980. The quantitative estimate of drug-likeness (QED) is 0.393. The van der Waals surface area contributed by atoms with Gasteiger partial charge >= 0.3 is 0 Å². The second-order valence-electron chi connectivity index (χ2n) is 2.81. The van der Waals surface area contributed by atoms with Crippen molar-refractivity contribution >= 4 is 21.7 Å². The van der Waals surface area contributed by atoms with Crippen LogP contribution in [0.1, 0.15) is 10.4 Å². The highest BCUT2D eigenvalue weighted by molar-refractivity contribution is 7.85. The summed E-state index contributed by atoms with van der Waals surface area (Å²) in [6.07, 6.45) is 0. The first-order valence-corrected chi connectivity index (χ1v) is 5.22. The van der Waals surface area contributed by atoms with E-state index in [-0.39, 0.29) is 11.7 Å². The number of hydrogen-bond donors (Lipinski definition) is 3. The lowest BCUT2D eigenvalue weighted by Gasteiger charge is -2.00. The number of carbonyl (C=O) groups is 1. The maximum absolute atomic E-state index is 10.8. The number of carbonyl (C=O) groups excluding carboxylic acids is 1. The lowest BCUT2D eigenvalue weighted by Crippen LogP contribution is -2.12. The van der Waals surface area contributed by atoms with Crippen LogP contribution >= 0.6 is 0 Å². The predicted octanol–water partition coefficient (Wildman–Crippen LogP) is 0.102. The first-order valence-electron chi connectivity index (χ1n) is 3.78. The molecule has 0 aliphatic carbocycles. The maximum atomic E-state index is 10.8. The molecule has 0 aliphatic heterocycles. The van der Waals surface area contributed by atoms with Crippen LogP contribution in [0.3, 0.4) is 0 Å². The second-order valence-corrected chi connectivity index (χ2v) is 4.23. The number of primary amides is 1. The minimum atomic E-state index is -4.63. The standard InChI is InChI=1S/C7H6N2O6S.H3N/c8-7(10)4-1-5(9(11)12)3-6(2-4)16(13,14)15;/h1-3H,(H2,8,10)(H,13,14,15);1H3. The number of benzene rings is 1. The smallest absolute Gasteiger partial charge is 0.294 e. The molecule has 0 spiro atoms. The number of nitro benzene ring substituents is 1. The van der Waals surface area contributed by atoms with Gasteiger partial charge in [-0.25, -0.2) is 0 Å². The van der Waals surface area contributed by atoms with Gasteiger partial charge in [-0.3, -0.25) is 19.5 Å². The zero-order valence-electron chi connectivity index (χ0n) is 8.36. The van der Waals surface area contributed by atoms with Gasteiger partial charge in [0.25, 0.3) is 15.8 Å². The van der Waals surface area contributed by atoms with Crippen LogP contribution in [0, 0.1) is 10.1 Å². The highest BCUT2D eigenvalue weighted by Gasteiger charge is 2.18. The Kier molecular flexibility index (Phi) is 4.28. The van der Waals surface area contributed by atoms with E-state index >= 15 is 0 Å². The molecule has 6 N–H and O–H groups in total. The number of nitrogens with zero attached hydrogens (tertiary/aromatic N) is 1. The summed E-state index contributed by atoms with van der Waals surface area (Å²) < 4.78 is 30.2. The van der Waals surface area contributed by atoms with E-state index < -0.39 is 31.5 Å². The molecule has 0 fully saturated rings. The van der Waals surface area contributed by atoms with Crippen LogP contribution in [-0.2, 0) is 10.1 Å². The Labute approximate surface area is 95.7 Å². The average Bonchev–Trinajstić information content (AvgIpc) is 2.15. The maximum Gasteiger partial charge on any atom is 0.294 e. The average molecular weight is 263 g/mol. The number of non-ortho nitro benzene ring substituents is 1. The van der Waals surface area contributed by atoms with Gasteiger partial charge in [0.1, 0.15) is 4.90 Å². The molecule has 0 unspecified atom stereocenters. The summed E-state index contributed by atoms with van der Waals surface area (Å²) in [6, 6.07) is 2.20. The van der Waals surface area contributed by atoms with Crippen LogP contribution in [0.4, 0.5) is 5.69 Å². The number of rotatable bonds is 3. The molecule has 0 radical (unpaired) electrons. The molecule has 0 bridgehead atoms. The van der Waals surface area contributed by atoms with Gasteiger partial charge in [-0.1, -0.05) is 0 Å². The van der Waals surface area contributed by atoms with Crippen LogP contribution in [0.2, 0.25) is 0 Å². The third kappa shape index (κ3) is 3.48. The monoisotopic (exact) mass is 263 g/mol. The summed E-state index contributed by atoms with van der Waals surface area (Å²) >= 11 is 0. The molecule has 1 rings (SSSR count). The molecule has 9 nitrogen and oxygen atoms in total. The van der Waals surface area contributed by atoms with Crippen LogP contribution in [-0.4, -0.2) is 23.8 Å². The largest absolute Gasteiger partial charge is 0.366 e. The van der Waals surface area contributed by atoms with E-state index in [1.54, 1.807) is 0 Å². The molecule has 0 saturated carbocycles. The lowest BCUT2D eigenvalue weighted by atomic mass is 10.2. The Hall–Kier alpha value is -2.04. The fraction of sp³-hybridized carbons (Fsp3) is 0. The minimum Gasteiger partial charge on any atom is -0.366 e. The van der Waals surface area contributed by atoms with Gasteiger partial charge < -0.3 is 11.9 Å². The Morgan fingerprint density at radius 2 is 1.88 bits per heavy atom. The summed E-state index contributed by atoms with van der Waals surface area (Å²) in [5, 5.41) is 10.4. The van der Waals surface area contributed by atoms with Crippen molar-refractivity contribution in [3.05, 3.63) is 33.9 Å². The molecule has 0 saturated heterocycles. The van der Waals surface area contributed by atoms with Crippen molar-refractivity contribution in [2.45, 2.75) is 4.90 Å². The predicted molar refractivity (Wildman–Crippen MR) is 56.5 cm³/mol. The topological polar surface area (TPSA) is 176 Å². The molecule has 1 aromatic rings. The van der Waals surface area contributed by atoms with Gasteiger partial charge in [0.05, 0.1) is 4.92 Å². The Morgan fingerprint density at radius 3 is 2.24 bits per heavy atom. The zero-order valence-corrected chi connectivity index (χ0v) is 9.18. The van der Waals surface area contributed by atoms with Crippen molar-refractivity contribution in [1.82, 2.24) is 6.15 Å². The molecule has 17 heavy (non-hydrogen) atoms. The SMILES string of the molecule is N.NC(=O)c1cc([N+](=O)[O-])cc(S(=O)(=O)O)c1.